The number of pyridine rings is 1. The number of carboxylic acid groups (broad SMARTS) is 1. The number of aromatic carboxylic acids is 1. The molecule has 258 valence electrons. The standard InChI is InChI=1S/C43H59N3O2/c1-28(2)32-14-21-43(46-27-26-45-31-17-24-44-25-18-31)23-22-41(6)34(37(32)43)12-13-36-40(5)19-15-33(29-8-10-30(11-9-29)38(47)48)39(3,4)35(40)16-20-42(36,41)7/h8-11,15,17-18,24-25,32,34-37,46H,1,12-14,16,19-23,26-27H2,2-7H3,(H,44,45)(H,47,48). The van der Waals surface area contributed by atoms with Gasteiger partial charge in [0, 0.05) is 36.7 Å². The van der Waals surface area contributed by atoms with Gasteiger partial charge in [0.1, 0.15) is 0 Å². The Morgan fingerprint density at radius 3 is 2.29 bits per heavy atom. The van der Waals surface area contributed by atoms with Crippen LogP contribution in [0.3, 0.4) is 0 Å². The lowest BCUT2D eigenvalue weighted by Crippen LogP contribution is -2.68. The predicted octanol–water partition coefficient (Wildman–Crippen LogP) is 9.88. The average Bonchev–Trinajstić information content (AvgIpc) is 3.44. The Hall–Kier alpha value is -2.92. The first kappa shape index (κ1) is 33.6. The van der Waals surface area contributed by atoms with Crippen molar-refractivity contribution in [1.29, 1.82) is 0 Å². The van der Waals surface area contributed by atoms with Crippen LogP contribution in [0.1, 0.15) is 115 Å². The minimum absolute atomic E-state index is 0.0310. The molecule has 7 rings (SSSR count). The van der Waals surface area contributed by atoms with Gasteiger partial charge in [-0.3, -0.25) is 4.98 Å². The highest BCUT2D eigenvalue weighted by Crippen LogP contribution is 2.76. The highest BCUT2D eigenvalue weighted by Gasteiger charge is 2.70. The SMILES string of the molecule is C=C(C)C1CCC2(NCCNc3ccncc3)CCC3(C)C(CCC4C5(C)CC=C(c6ccc(C(=O)O)cc6)C(C)(C)C5CCC43C)C12. The lowest BCUT2D eigenvalue weighted by Gasteiger charge is -2.72. The molecule has 1 aromatic carbocycles. The zero-order valence-electron chi connectivity index (χ0n) is 30.4. The average molecular weight is 650 g/mol. The van der Waals surface area contributed by atoms with E-state index in [2.05, 4.69) is 81.9 Å². The quantitative estimate of drug-likeness (QED) is 0.196. The number of fused-ring (bicyclic) bond motifs is 7. The largest absolute Gasteiger partial charge is 0.478 e. The minimum Gasteiger partial charge on any atom is -0.478 e. The molecule has 4 saturated carbocycles. The van der Waals surface area contributed by atoms with Crippen LogP contribution in [0, 0.1) is 51.2 Å². The molecule has 1 aromatic heterocycles. The maximum atomic E-state index is 11.5. The predicted molar refractivity (Wildman–Crippen MR) is 197 cm³/mol. The fourth-order valence-corrected chi connectivity index (χ4v) is 13.3. The Morgan fingerprint density at radius 2 is 1.60 bits per heavy atom. The van der Waals surface area contributed by atoms with Crippen LogP contribution >= 0.6 is 0 Å². The first-order chi connectivity index (χ1) is 22.8. The van der Waals surface area contributed by atoms with Crippen molar-refractivity contribution in [2.45, 2.75) is 105 Å². The third-order valence-corrected chi connectivity index (χ3v) is 15.7. The van der Waals surface area contributed by atoms with E-state index in [-0.39, 0.29) is 16.4 Å². The van der Waals surface area contributed by atoms with Crippen molar-refractivity contribution in [2.24, 2.45) is 51.2 Å². The van der Waals surface area contributed by atoms with E-state index in [1.165, 1.54) is 68.1 Å². The molecule has 5 heteroatoms. The Kier molecular flexibility index (Phi) is 8.29. The Labute approximate surface area is 289 Å². The second kappa shape index (κ2) is 11.9. The fourth-order valence-electron chi connectivity index (χ4n) is 13.3. The minimum atomic E-state index is -0.859. The van der Waals surface area contributed by atoms with Crippen LogP contribution in [0.2, 0.25) is 0 Å². The summed E-state index contributed by atoms with van der Waals surface area (Å²) in [6.45, 7) is 21.9. The van der Waals surface area contributed by atoms with Crippen molar-refractivity contribution in [3.05, 3.63) is 78.1 Å². The number of benzene rings is 1. The molecule has 0 saturated heterocycles. The van der Waals surface area contributed by atoms with Gasteiger partial charge in [0.15, 0.2) is 0 Å². The summed E-state index contributed by atoms with van der Waals surface area (Å²) in [5, 5.41) is 17.3. The molecule has 48 heavy (non-hydrogen) atoms. The molecule has 0 spiro atoms. The van der Waals surface area contributed by atoms with E-state index in [1.807, 2.05) is 24.5 Å². The zero-order chi connectivity index (χ0) is 34.1. The number of anilines is 1. The molecular weight excluding hydrogens is 590 g/mol. The molecule has 5 nitrogen and oxygen atoms in total. The number of nitrogens with one attached hydrogen (secondary N) is 2. The molecule has 9 atom stereocenters. The Morgan fingerprint density at radius 1 is 0.875 bits per heavy atom. The van der Waals surface area contributed by atoms with E-state index >= 15 is 0 Å². The summed E-state index contributed by atoms with van der Waals surface area (Å²) in [6, 6.07) is 11.7. The molecule has 0 radical (unpaired) electrons. The van der Waals surface area contributed by atoms with Crippen molar-refractivity contribution >= 4 is 17.2 Å². The molecule has 3 N–H and O–H groups in total. The summed E-state index contributed by atoms with van der Waals surface area (Å²) in [5.74, 6) is 2.42. The molecular formula is C43H59N3O2. The van der Waals surface area contributed by atoms with Gasteiger partial charge in [-0.25, -0.2) is 4.79 Å². The second-order valence-corrected chi connectivity index (χ2v) is 17.9. The molecule has 0 amide bonds. The summed E-state index contributed by atoms with van der Waals surface area (Å²) in [4.78, 5) is 15.7. The number of hydrogen-bond acceptors (Lipinski definition) is 4. The summed E-state index contributed by atoms with van der Waals surface area (Å²) >= 11 is 0. The van der Waals surface area contributed by atoms with Crippen molar-refractivity contribution in [3.8, 4) is 0 Å². The van der Waals surface area contributed by atoms with E-state index < -0.39 is 5.97 Å². The van der Waals surface area contributed by atoms with Crippen molar-refractivity contribution in [3.63, 3.8) is 0 Å². The number of carboxylic acids is 1. The number of carbonyl (C=O) groups is 1. The second-order valence-electron chi connectivity index (χ2n) is 17.9. The third-order valence-electron chi connectivity index (χ3n) is 15.7. The lowest BCUT2D eigenvalue weighted by molar-refractivity contribution is -0.219. The third kappa shape index (κ3) is 4.95. The van der Waals surface area contributed by atoms with Crippen LogP contribution in [0.5, 0.6) is 0 Å². The summed E-state index contributed by atoms with van der Waals surface area (Å²) < 4.78 is 0. The maximum Gasteiger partial charge on any atom is 0.335 e. The van der Waals surface area contributed by atoms with Crippen LogP contribution in [0.25, 0.3) is 5.57 Å². The van der Waals surface area contributed by atoms with E-state index in [1.54, 1.807) is 12.1 Å². The topological polar surface area (TPSA) is 74.2 Å². The number of nitrogens with zero attached hydrogens (tertiary/aromatic N) is 1. The van der Waals surface area contributed by atoms with Gasteiger partial charge < -0.3 is 15.7 Å². The van der Waals surface area contributed by atoms with Gasteiger partial charge in [-0.2, -0.15) is 0 Å². The van der Waals surface area contributed by atoms with Crippen LogP contribution in [0.15, 0.2) is 67.0 Å². The molecule has 1 heterocycles. The van der Waals surface area contributed by atoms with Crippen molar-refractivity contribution in [2.75, 3.05) is 18.4 Å². The highest BCUT2D eigenvalue weighted by atomic mass is 16.4. The molecule has 2 aromatic rings. The van der Waals surface area contributed by atoms with Gasteiger partial charge in [-0.1, -0.05) is 65.0 Å². The van der Waals surface area contributed by atoms with Gasteiger partial charge in [0.25, 0.3) is 0 Å². The van der Waals surface area contributed by atoms with Crippen LogP contribution in [0.4, 0.5) is 5.69 Å². The van der Waals surface area contributed by atoms with Gasteiger partial charge in [-0.05, 0) is 151 Å². The number of hydrogen-bond donors (Lipinski definition) is 3. The maximum absolute atomic E-state index is 11.5. The normalized spacial score (nSPS) is 39.6. The van der Waals surface area contributed by atoms with E-state index in [0.29, 0.717) is 46.0 Å². The monoisotopic (exact) mass is 649 g/mol. The first-order valence-electron chi connectivity index (χ1n) is 18.9. The van der Waals surface area contributed by atoms with Crippen molar-refractivity contribution in [1.82, 2.24) is 10.3 Å². The number of aromatic nitrogens is 1. The zero-order valence-corrected chi connectivity index (χ0v) is 30.4. The number of rotatable bonds is 8. The molecule has 5 aliphatic carbocycles. The molecule has 4 fully saturated rings. The van der Waals surface area contributed by atoms with Crippen LogP contribution in [-0.2, 0) is 0 Å². The molecule has 5 aliphatic rings. The summed E-state index contributed by atoms with van der Waals surface area (Å²) in [7, 11) is 0. The Bertz CT molecular complexity index is 1580. The molecule has 0 bridgehead atoms. The van der Waals surface area contributed by atoms with Gasteiger partial charge in [0.05, 0.1) is 5.56 Å². The van der Waals surface area contributed by atoms with Crippen molar-refractivity contribution < 1.29 is 9.90 Å². The number of allylic oxidation sites excluding steroid dienone is 3. The Balaban J connectivity index is 1.16. The lowest BCUT2D eigenvalue weighted by atomic mass is 9.33. The summed E-state index contributed by atoms with van der Waals surface area (Å²) in [6.07, 6.45) is 17.7. The summed E-state index contributed by atoms with van der Waals surface area (Å²) in [5.41, 5.74) is 6.61. The highest BCUT2D eigenvalue weighted by molar-refractivity contribution is 5.88. The van der Waals surface area contributed by atoms with Crippen LogP contribution in [-0.4, -0.2) is 34.7 Å². The van der Waals surface area contributed by atoms with E-state index in [0.717, 1.165) is 25.2 Å². The van der Waals surface area contributed by atoms with Gasteiger partial charge in [-0.15, -0.1) is 0 Å². The molecule has 0 aliphatic heterocycles. The van der Waals surface area contributed by atoms with E-state index in [9.17, 15) is 9.90 Å². The van der Waals surface area contributed by atoms with Crippen LogP contribution < -0.4 is 10.6 Å². The van der Waals surface area contributed by atoms with Gasteiger partial charge >= 0.3 is 5.97 Å². The van der Waals surface area contributed by atoms with Gasteiger partial charge in [0.2, 0.25) is 0 Å². The molecule has 9 unspecified atom stereocenters. The van der Waals surface area contributed by atoms with E-state index in [4.69, 9.17) is 0 Å². The fraction of sp³-hybridized carbons (Fsp3) is 0.628. The first-order valence-corrected chi connectivity index (χ1v) is 18.9. The smallest absolute Gasteiger partial charge is 0.335 e.